The van der Waals surface area contributed by atoms with Gasteiger partial charge in [0.1, 0.15) is 12.4 Å². The first-order valence-electron chi connectivity index (χ1n) is 6.15. The van der Waals surface area contributed by atoms with Gasteiger partial charge in [-0.1, -0.05) is 41.7 Å². The minimum atomic E-state index is 0.442. The molecule has 20 heavy (non-hydrogen) atoms. The van der Waals surface area contributed by atoms with Crippen LogP contribution in [0.3, 0.4) is 0 Å². The molecule has 2 rings (SSSR count). The fraction of sp³-hybridized carbons (Fsp3) is 0.286. The van der Waals surface area contributed by atoms with Crippen LogP contribution in [0.5, 0.6) is 5.75 Å². The first-order valence-corrected chi connectivity index (χ1v) is 8.11. The van der Waals surface area contributed by atoms with E-state index in [1.54, 1.807) is 6.07 Å². The van der Waals surface area contributed by atoms with Gasteiger partial charge in [0.2, 0.25) is 0 Å². The third kappa shape index (κ3) is 4.27. The molecule has 0 saturated heterocycles. The fourth-order valence-electron chi connectivity index (χ4n) is 1.74. The van der Waals surface area contributed by atoms with E-state index >= 15 is 0 Å². The summed E-state index contributed by atoms with van der Waals surface area (Å²) in [6.45, 7) is 4.01. The number of ether oxygens (including phenoxy) is 1. The van der Waals surface area contributed by atoms with E-state index in [4.69, 9.17) is 39.5 Å². The van der Waals surface area contributed by atoms with Crippen LogP contribution in [0.1, 0.15) is 17.4 Å². The molecule has 2 aromatic rings. The smallest absolute Gasteiger partial charge is 0.143 e. The van der Waals surface area contributed by atoms with E-state index in [0.29, 0.717) is 28.9 Å². The van der Waals surface area contributed by atoms with E-state index in [9.17, 15) is 0 Å². The predicted octanol–water partition coefficient (Wildman–Crippen LogP) is 5.40. The van der Waals surface area contributed by atoms with Crippen molar-refractivity contribution in [2.24, 2.45) is 0 Å². The van der Waals surface area contributed by atoms with E-state index in [2.05, 4.69) is 5.32 Å². The van der Waals surface area contributed by atoms with Crippen LogP contribution >= 0.6 is 46.1 Å². The number of nitrogens with one attached hydrogen (secondary N) is 1. The van der Waals surface area contributed by atoms with Gasteiger partial charge < -0.3 is 10.1 Å². The van der Waals surface area contributed by atoms with Crippen LogP contribution in [-0.2, 0) is 13.2 Å². The number of rotatable bonds is 6. The molecule has 1 heterocycles. The summed E-state index contributed by atoms with van der Waals surface area (Å²) in [7, 11) is 0. The highest BCUT2D eigenvalue weighted by Gasteiger charge is 2.11. The zero-order valence-corrected chi connectivity index (χ0v) is 14.0. The maximum absolute atomic E-state index is 6.23. The molecule has 0 amide bonds. The average molecular weight is 351 g/mol. The summed E-state index contributed by atoms with van der Waals surface area (Å²) in [6, 6.07) is 7.36. The molecule has 0 saturated carbocycles. The van der Waals surface area contributed by atoms with Gasteiger partial charge in [0.05, 0.1) is 9.36 Å². The second-order valence-electron chi connectivity index (χ2n) is 4.15. The summed E-state index contributed by atoms with van der Waals surface area (Å²) in [4.78, 5) is 1.05. The Balaban J connectivity index is 2.16. The number of halogens is 3. The summed E-state index contributed by atoms with van der Waals surface area (Å²) in [5, 5.41) is 4.37. The first kappa shape index (κ1) is 15.9. The number of thiophene rings is 1. The van der Waals surface area contributed by atoms with Gasteiger partial charge in [0.15, 0.2) is 0 Å². The largest absolute Gasteiger partial charge is 0.486 e. The van der Waals surface area contributed by atoms with Crippen LogP contribution in [0.15, 0.2) is 24.3 Å². The highest BCUT2D eigenvalue weighted by Crippen LogP contribution is 2.33. The number of hydrogen-bond acceptors (Lipinski definition) is 3. The Bertz CT molecular complexity index is 586. The van der Waals surface area contributed by atoms with Crippen molar-refractivity contribution >= 4 is 46.1 Å². The quantitative estimate of drug-likeness (QED) is 0.753. The fourth-order valence-corrected chi connectivity index (χ4v) is 3.33. The molecule has 0 spiro atoms. The van der Waals surface area contributed by atoms with Crippen molar-refractivity contribution in [2.75, 3.05) is 6.54 Å². The van der Waals surface area contributed by atoms with Gasteiger partial charge in [0.25, 0.3) is 0 Å². The van der Waals surface area contributed by atoms with Gasteiger partial charge in [-0.15, -0.1) is 11.3 Å². The Morgan fingerprint density at radius 3 is 2.65 bits per heavy atom. The first-order chi connectivity index (χ1) is 9.60. The van der Waals surface area contributed by atoms with E-state index < -0.39 is 0 Å². The van der Waals surface area contributed by atoms with E-state index in [0.717, 1.165) is 21.3 Å². The number of hydrogen-bond donors (Lipinski definition) is 1. The third-order valence-electron chi connectivity index (χ3n) is 2.64. The Hall–Kier alpha value is -0.450. The maximum atomic E-state index is 6.23. The highest BCUT2D eigenvalue weighted by molar-refractivity contribution is 7.16. The average Bonchev–Trinajstić information content (AvgIpc) is 2.80. The van der Waals surface area contributed by atoms with Gasteiger partial charge >= 0.3 is 0 Å². The van der Waals surface area contributed by atoms with Crippen molar-refractivity contribution in [3.63, 3.8) is 0 Å². The SMILES string of the molecule is CCNCc1cc(Cl)cc(Cl)c1OCc1ccc(Cl)s1. The van der Waals surface area contributed by atoms with Crippen molar-refractivity contribution in [1.29, 1.82) is 0 Å². The molecule has 0 radical (unpaired) electrons. The maximum Gasteiger partial charge on any atom is 0.143 e. The minimum absolute atomic E-state index is 0.442. The molecule has 1 N–H and O–H groups in total. The summed E-state index contributed by atoms with van der Waals surface area (Å²) in [6.07, 6.45) is 0. The molecule has 1 aromatic carbocycles. The molecule has 0 atom stereocenters. The third-order valence-corrected chi connectivity index (χ3v) is 4.34. The molecule has 0 bridgehead atoms. The Morgan fingerprint density at radius 2 is 2.00 bits per heavy atom. The van der Waals surface area contributed by atoms with Crippen LogP contribution in [0, 0.1) is 0 Å². The van der Waals surface area contributed by atoms with Crippen molar-refractivity contribution in [1.82, 2.24) is 5.32 Å². The van der Waals surface area contributed by atoms with Gasteiger partial charge in [-0.05, 0) is 30.8 Å². The van der Waals surface area contributed by atoms with Crippen LogP contribution < -0.4 is 10.1 Å². The lowest BCUT2D eigenvalue weighted by molar-refractivity contribution is 0.306. The summed E-state index contributed by atoms with van der Waals surface area (Å²) < 4.78 is 6.59. The monoisotopic (exact) mass is 349 g/mol. The lowest BCUT2D eigenvalue weighted by Gasteiger charge is -2.13. The van der Waals surface area contributed by atoms with Gasteiger partial charge in [-0.3, -0.25) is 0 Å². The summed E-state index contributed by atoms with van der Waals surface area (Å²) in [5.74, 6) is 0.668. The van der Waals surface area contributed by atoms with Crippen LogP contribution in [0.4, 0.5) is 0 Å². The number of benzene rings is 1. The van der Waals surface area contributed by atoms with Crippen LogP contribution in [0.25, 0.3) is 0 Å². The molecule has 6 heteroatoms. The topological polar surface area (TPSA) is 21.3 Å². The molecule has 108 valence electrons. The van der Waals surface area contributed by atoms with E-state index in [1.807, 2.05) is 25.1 Å². The Kier molecular flexibility index (Phi) is 6.00. The van der Waals surface area contributed by atoms with Crippen LogP contribution in [0.2, 0.25) is 14.4 Å². The molecule has 2 nitrogen and oxygen atoms in total. The van der Waals surface area contributed by atoms with Gasteiger partial charge in [-0.25, -0.2) is 0 Å². The Labute approximate surface area is 137 Å². The van der Waals surface area contributed by atoms with Crippen molar-refractivity contribution in [2.45, 2.75) is 20.1 Å². The standard InChI is InChI=1S/C14H14Cl3NOS/c1-2-18-7-9-5-10(15)6-12(16)14(9)19-8-11-3-4-13(17)20-11/h3-6,18H,2,7-8H2,1H3. The van der Waals surface area contributed by atoms with Crippen LogP contribution in [-0.4, -0.2) is 6.54 Å². The zero-order valence-electron chi connectivity index (χ0n) is 10.9. The molecule has 0 fully saturated rings. The lowest BCUT2D eigenvalue weighted by atomic mass is 10.2. The lowest BCUT2D eigenvalue weighted by Crippen LogP contribution is -2.13. The second-order valence-corrected chi connectivity index (χ2v) is 6.79. The normalized spacial score (nSPS) is 10.8. The molecular formula is C14H14Cl3NOS. The molecule has 0 aliphatic heterocycles. The molecule has 0 unspecified atom stereocenters. The predicted molar refractivity (Wildman–Crippen MR) is 87.5 cm³/mol. The minimum Gasteiger partial charge on any atom is -0.486 e. The van der Waals surface area contributed by atoms with Gasteiger partial charge in [-0.2, -0.15) is 0 Å². The summed E-state index contributed by atoms with van der Waals surface area (Å²) >= 11 is 19.7. The molecule has 0 aliphatic rings. The zero-order chi connectivity index (χ0) is 14.5. The Morgan fingerprint density at radius 1 is 1.20 bits per heavy atom. The molecule has 0 aliphatic carbocycles. The molecule has 1 aromatic heterocycles. The van der Waals surface area contributed by atoms with Crippen molar-refractivity contribution < 1.29 is 4.74 Å². The van der Waals surface area contributed by atoms with Gasteiger partial charge in [0, 0.05) is 22.0 Å². The summed E-state index contributed by atoms with van der Waals surface area (Å²) in [5.41, 5.74) is 0.951. The van der Waals surface area contributed by atoms with Crippen molar-refractivity contribution in [3.05, 3.63) is 49.1 Å². The van der Waals surface area contributed by atoms with Crippen molar-refractivity contribution in [3.8, 4) is 5.75 Å². The van der Waals surface area contributed by atoms with E-state index in [-0.39, 0.29) is 0 Å². The highest BCUT2D eigenvalue weighted by atomic mass is 35.5. The second kappa shape index (κ2) is 7.53. The van der Waals surface area contributed by atoms with E-state index in [1.165, 1.54) is 11.3 Å². The molecular weight excluding hydrogens is 337 g/mol.